The van der Waals surface area contributed by atoms with Crippen LogP contribution in [0.25, 0.3) is 10.2 Å². The fourth-order valence-corrected chi connectivity index (χ4v) is 4.46. The lowest BCUT2D eigenvalue weighted by atomic mass is 10.1. The van der Waals surface area contributed by atoms with E-state index in [1.165, 1.54) is 23.5 Å². The molecule has 0 unspecified atom stereocenters. The number of nitrogens with zero attached hydrogens (tertiary/aromatic N) is 2. The smallest absolute Gasteiger partial charge is 0.252 e. The van der Waals surface area contributed by atoms with Crippen molar-refractivity contribution in [2.75, 3.05) is 6.26 Å². The van der Waals surface area contributed by atoms with E-state index < -0.39 is 9.84 Å². The van der Waals surface area contributed by atoms with E-state index in [1.807, 2.05) is 29.7 Å². The second kappa shape index (κ2) is 7.51. The van der Waals surface area contributed by atoms with E-state index >= 15 is 0 Å². The summed E-state index contributed by atoms with van der Waals surface area (Å²) in [5.74, 6) is 2.29. The van der Waals surface area contributed by atoms with Crippen molar-refractivity contribution in [3.63, 3.8) is 0 Å². The fourth-order valence-electron chi connectivity index (χ4n) is 2.69. The van der Waals surface area contributed by atoms with Crippen LogP contribution in [0.15, 0.2) is 52.4 Å². The number of terminal acetylenes is 1. The van der Waals surface area contributed by atoms with Crippen LogP contribution < -0.4 is 4.80 Å². The van der Waals surface area contributed by atoms with Crippen LogP contribution in [0.4, 0.5) is 0 Å². The molecule has 0 aliphatic carbocycles. The van der Waals surface area contributed by atoms with Gasteiger partial charge in [-0.05, 0) is 42.3 Å². The number of rotatable bonds is 4. The SMILES string of the molecule is C#CCn1c(=NC(=O)Cc2ccc(S(C)(=O)=O)cc2)sc2cc(C)ccc21. The van der Waals surface area contributed by atoms with Crippen molar-refractivity contribution >= 4 is 37.3 Å². The molecule has 27 heavy (non-hydrogen) atoms. The molecule has 1 amide bonds. The molecule has 1 heterocycles. The summed E-state index contributed by atoms with van der Waals surface area (Å²) in [5, 5.41) is 0. The predicted octanol–water partition coefficient (Wildman–Crippen LogP) is 2.72. The monoisotopic (exact) mass is 398 g/mol. The van der Waals surface area contributed by atoms with Gasteiger partial charge in [-0.25, -0.2) is 8.42 Å². The summed E-state index contributed by atoms with van der Waals surface area (Å²) in [4.78, 5) is 17.4. The highest BCUT2D eigenvalue weighted by Gasteiger charge is 2.10. The number of hydrogen-bond acceptors (Lipinski definition) is 4. The molecule has 2 aromatic carbocycles. The van der Waals surface area contributed by atoms with Crippen LogP contribution in [0, 0.1) is 19.3 Å². The summed E-state index contributed by atoms with van der Waals surface area (Å²) >= 11 is 1.42. The Labute approximate surface area is 161 Å². The number of aromatic nitrogens is 1. The van der Waals surface area contributed by atoms with Crippen molar-refractivity contribution in [2.24, 2.45) is 4.99 Å². The molecule has 0 bridgehead atoms. The molecule has 3 rings (SSSR count). The Balaban J connectivity index is 1.93. The molecule has 0 spiro atoms. The Bertz CT molecular complexity index is 1220. The molecule has 138 valence electrons. The number of benzene rings is 2. The topological polar surface area (TPSA) is 68.5 Å². The first-order valence-electron chi connectivity index (χ1n) is 8.18. The Morgan fingerprint density at radius 1 is 1.22 bits per heavy atom. The van der Waals surface area contributed by atoms with Gasteiger partial charge in [0.1, 0.15) is 0 Å². The van der Waals surface area contributed by atoms with Crippen LogP contribution in [0.3, 0.4) is 0 Å². The number of hydrogen-bond donors (Lipinski definition) is 0. The molecular formula is C20H18N2O3S2. The van der Waals surface area contributed by atoms with Gasteiger partial charge in [-0.1, -0.05) is 35.5 Å². The van der Waals surface area contributed by atoms with Gasteiger partial charge in [0, 0.05) is 6.26 Å². The van der Waals surface area contributed by atoms with Crippen molar-refractivity contribution in [1.29, 1.82) is 0 Å². The molecule has 1 aromatic heterocycles. The average Bonchev–Trinajstić information content (AvgIpc) is 2.91. The lowest BCUT2D eigenvalue weighted by molar-refractivity contribution is -0.117. The molecule has 0 saturated carbocycles. The average molecular weight is 399 g/mol. The Morgan fingerprint density at radius 2 is 1.93 bits per heavy atom. The fraction of sp³-hybridized carbons (Fsp3) is 0.200. The number of thiazole rings is 1. The normalized spacial score (nSPS) is 12.3. The second-order valence-corrected chi connectivity index (χ2v) is 9.27. The van der Waals surface area contributed by atoms with Crippen molar-refractivity contribution in [2.45, 2.75) is 24.8 Å². The molecule has 7 heteroatoms. The quantitative estimate of drug-likeness (QED) is 0.635. The maximum absolute atomic E-state index is 12.4. The molecular weight excluding hydrogens is 380 g/mol. The van der Waals surface area contributed by atoms with Gasteiger partial charge < -0.3 is 4.57 Å². The van der Waals surface area contributed by atoms with Crippen molar-refractivity contribution in [3.8, 4) is 12.3 Å². The van der Waals surface area contributed by atoms with Gasteiger partial charge in [-0.15, -0.1) is 6.42 Å². The third-order valence-corrected chi connectivity index (χ3v) is 6.18. The lowest BCUT2D eigenvalue weighted by Crippen LogP contribution is -2.17. The van der Waals surface area contributed by atoms with Crippen molar-refractivity contribution in [3.05, 3.63) is 58.4 Å². The van der Waals surface area contributed by atoms with Crippen LogP contribution >= 0.6 is 11.3 Å². The summed E-state index contributed by atoms with van der Waals surface area (Å²) < 4.78 is 25.9. The minimum atomic E-state index is -3.26. The molecule has 3 aromatic rings. The highest BCUT2D eigenvalue weighted by molar-refractivity contribution is 7.90. The third-order valence-electron chi connectivity index (χ3n) is 4.01. The third kappa shape index (κ3) is 4.35. The molecule has 5 nitrogen and oxygen atoms in total. The predicted molar refractivity (Wildman–Crippen MR) is 107 cm³/mol. The van der Waals surface area contributed by atoms with Gasteiger partial charge in [-0.2, -0.15) is 4.99 Å². The summed E-state index contributed by atoms with van der Waals surface area (Å²) in [6.07, 6.45) is 6.71. The van der Waals surface area contributed by atoms with Crippen LogP contribution in [0.2, 0.25) is 0 Å². The minimum absolute atomic E-state index is 0.0906. The Morgan fingerprint density at radius 3 is 2.56 bits per heavy atom. The standard InChI is InChI=1S/C20H18N2O3S2/c1-4-11-22-17-10-5-14(2)12-18(17)26-20(22)21-19(23)13-15-6-8-16(9-7-15)27(3,24)25/h1,5-10,12H,11,13H2,2-3H3. The molecule has 0 radical (unpaired) electrons. The van der Waals surface area contributed by atoms with Crippen LogP contribution in [-0.2, 0) is 27.6 Å². The van der Waals surface area contributed by atoms with Gasteiger partial charge in [0.2, 0.25) is 0 Å². The van der Waals surface area contributed by atoms with E-state index in [9.17, 15) is 13.2 Å². The molecule has 0 atom stereocenters. The van der Waals surface area contributed by atoms with E-state index in [-0.39, 0.29) is 17.2 Å². The van der Waals surface area contributed by atoms with E-state index in [0.29, 0.717) is 16.9 Å². The van der Waals surface area contributed by atoms with E-state index in [4.69, 9.17) is 6.42 Å². The minimum Gasteiger partial charge on any atom is -0.305 e. The van der Waals surface area contributed by atoms with Gasteiger partial charge in [0.05, 0.1) is 28.1 Å². The highest BCUT2D eigenvalue weighted by Crippen LogP contribution is 2.19. The zero-order chi connectivity index (χ0) is 19.6. The zero-order valence-electron chi connectivity index (χ0n) is 15.0. The number of aryl methyl sites for hydroxylation is 1. The summed E-state index contributed by atoms with van der Waals surface area (Å²) in [7, 11) is -3.26. The molecule has 0 fully saturated rings. The molecule has 0 N–H and O–H groups in total. The second-order valence-electron chi connectivity index (χ2n) is 6.24. The maximum Gasteiger partial charge on any atom is 0.252 e. The first-order valence-corrected chi connectivity index (χ1v) is 10.9. The Hall–Kier alpha value is -2.69. The number of carbonyl (C=O) groups is 1. The van der Waals surface area contributed by atoms with Gasteiger partial charge in [0.25, 0.3) is 5.91 Å². The largest absolute Gasteiger partial charge is 0.305 e. The molecule has 0 aliphatic heterocycles. The van der Waals surface area contributed by atoms with E-state index in [0.717, 1.165) is 22.0 Å². The lowest BCUT2D eigenvalue weighted by Gasteiger charge is -2.01. The van der Waals surface area contributed by atoms with Gasteiger partial charge in [0.15, 0.2) is 14.6 Å². The first-order chi connectivity index (χ1) is 12.8. The zero-order valence-corrected chi connectivity index (χ0v) is 16.6. The van der Waals surface area contributed by atoms with Crippen molar-refractivity contribution < 1.29 is 13.2 Å². The first kappa shape index (κ1) is 19.1. The summed E-state index contributed by atoms with van der Waals surface area (Å²) in [5.41, 5.74) is 2.78. The van der Waals surface area contributed by atoms with Crippen LogP contribution in [-0.4, -0.2) is 25.1 Å². The summed E-state index contributed by atoms with van der Waals surface area (Å²) in [6.45, 7) is 2.34. The van der Waals surface area contributed by atoms with Gasteiger partial charge in [-0.3, -0.25) is 4.79 Å². The number of fused-ring (bicyclic) bond motifs is 1. The molecule has 0 saturated heterocycles. The van der Waals surface area contributed by atoms with Gasteiger partial charge >= 0.3 is 0 Å². The Kier molecular flexibility index (Phi) is 5.31. The molecule has 0 aliphatic rings. The number of amides is 1. The summed E-state index contributed by atoms with van der Waals surface area (Å²) in [6, 6.07) is 12.3. The van der Waals surface area contributed by atoms with E-state index in [2.05, 4.69) is 10.9 Å². The van der Waals surface area contributed by atoms with Crippen LogP contribution in [0.1, 0.15) is 11.1 Å². The highest BCUT2D eigenvalue weighted by atomic mass is 32.2. The number of sulfone groups is 1. The van der Waals surface area contributed by atoms with E-state index in [1.54, 1.807) is 12.1 Å². The van der Waals surface area contributed by atoms with Crippen LogP contribution in [0.5, 0.6) is 0 Å². The van der Waals surface area contributed by atoms with Crippen molar-refractivity contribution in [1.82, 2.24) is 4.57 Å². The number of carbonyl (C=O) groups excluding carboxylic acids is 1. The maximum atomic E-state index is 12.4.